The molecule has 0 saturated carbocycles. The van der Waals surface area contributed by atoms with Crippen molar-refractivity contribution in [2.24, 2.45) is 0 Å². The fourth-order valence-electron chi connectivity index (χ4n) is 5.83. The Morgan fingerprint density at radius 3 is 1.16 bits per heavy atom. The van der Waals surface area contributed by atoms with Crippen molar-refractivity contribution < 1.29 is 9.47 Å². The van der Waals surface area contributed by atoms with Crippen molar-refractivity contribution in [2.45, 2.75) is 187 Å². The molecule has 0 atom stereocenters. The average molecular weight is 614 g/mol. The Kier molecular flexibility index (Phi) is 30.8. The molecule has 1 N–H and O–H groups in total. The summed E-state index contributed by atoms with van der Waals surface area (Å²) < 4.78 is 12.9. The Hall–Kier alpha value is -1.16. The van der Waals surface area contributed by atoms with Crippen LogP contribution in [0, 0.1) is 0 Å². The first-order valence-electron chi connectivity index (χ1n) is 19.4. The normalized spacial score (nSPS) is 15.6. The maximum Gasteiger partial charge on any atom is 0.170 e. The van der Waals surface area contributed by atoms with Crippen molar-refractivity contribution in [2.75, 3.05) is 26.3 Å². The second-order valence-electron chi connectivity index (χ2n) is 13.0. The lowest BCUT2D eigenvalue weighted by atomic mass is 10.0. The number of nitrogens with one attached hydrogen (secondary N) is 1. The van der Waals surface area contributed by atoms with Crippen molar-refractivity contribution in [1.82, 2.24) is 5.32 Å². The van der Waals surface area contributed by atoms with E-state index in [-0.39, 0.29) is 5.79 Å². The molecule has 0 spiro atoms. The molecule has 0 aromatic rings. The van der Waals surface area contributed by atoms with E-state index >= 15 is 0 Å². The van der Waals surface area contributed by atoms with E-state index in [1.54, 1.807) is 0 Å². The Balaban J connectivity index is 1.96. The Morgan fingerprint density at radius 1 is 0.432 bits per heavy atom. The van der Waals surface area contributed by atoms with Crippen LogP contribution in [0.2, 0.25) is 0 Å². The molecule has 0 aromatic heterocycles. The van der Waals surface area contributed by atoms with Crippen LogP contribution in [0.1, 0.15) is 181 Å². The summed E-state index contributed by atoms with van der Waals surface area (Å²) in [5.74, 6) is -0.334. The number of ether oxygens (including phenoxy) is 2. The topological polar surface area (TPSA) is 30.5 Å². The second-order valence-corrected chi connectivity index (χ2v) is 13.0. The molecule has 3 heteroatoms. The number of hydrogen-bond acceptors (Lipinski definition) is 3. The van der Waals surface area contributed by atoms with Gasteiger partial charge in [-0.1, -0.05) is 140 Å². The molecule has 0 aromatic carbocycles. The highest BCUT2D eigenvalue weighted by molar-refractivity contribution is 4.93. The van der Waals surface area contributed by atoms with Gasteiger partial charge in [0.15, 0.2) is 5.79 Å². The van der Waals surface area contributed by atoms with Gasteiger partial charge in [0.05, 0.1) is 13.2 Å². The van der Waals surface area contributed by atoms with Gasteiger partial charge in [-0.2, -0.15) is 0 Å². The molecule has 0 bridgehead atoms. The third kappa shape index (κ3) is 27.2. The molecule has 1 aliphatic heterocycles. The SMILES string of the molecule is CCCCC/C=C\C/C=C\CCCCCCCCOC1(OCCCCCCCC/C=C\C/C=C\CCCCC)CCNCC1. The molecule has 0 unspecified atom stereocenters. The predicted octanol–water partition coefficient (Wildman–Crippen LogP) is 12.7. The minimum atomic E-state index is -0.334. The molecule has 0 radical (unpaired) electrons. The summed E-state index contributed by atoms with van der Waals surface area (Å²) in [6.07, 6.45) is 51.5. The van der Waals surface area contributed by atoms with Gasteiger partial charge in [-0.15, -0.1) is 0 Å². The summed E-state index contributed by atoms with van der Waals surface area (Å²) in [5, 5.41) is 3.48. The van der Waals surface area contributed by atoms with Crippen LogP contribution < -0.4 is 5.32 Å². The highest BCUT2D eigenvalue weighted by Gasteiger charge is 2.33. The minimum absolute atomic E-state index is 0.334. The van der Waals surface area contributed by atoms with E-state index in [0.717, 1.165) is 64.8 Å². The number of rotatable bonds is 32. The van der Waals surface area contributed by atoms with Crippen molar-refractivity contribution in [3.63, 3.8) is 0 Å². The molecule has 256 valence electrons. The van der Waals surface area contributed by atoms with Gasteiger partial charge in [-0.05, 0) is 77.0 Å². The molecular weight excluding hydrogens is 538 g/mol. The summed E-state index contributed by atoms with van der Waals surface area (Å²) in [4.78, 5) is 0. The van der Waals surface area contributed by atoms with Crippen LogP contribution >= 0.6 is 0 Å². The highest BCUT2D eigenvalue weighted by Crippen LogP contribution is 2.26. The van der Waals surface area contributed by atoms with E-state index in [0.29, 0.717) is 0 Å². The van der Waals surface area contributed by atoms with Gasteiger partial charge < -0.3 is 14.8 Å². The largest absolute Gasteiger partial charge is 0.350 e. The van der Waals surface area contributed by atoms with Crippen molar-refractivity contribution in [1.29, 1.82) is 0 Å². The van der Waals surface area contributed by atoms with Crippen LogP contribution in [0.15, 0.2) is 48.6 Å². The highest BCUT2D eigenvalue weighted by atomic mass is 16.7. The zero-order valence-electron chi connectivity index (χ0n) is 29.6. The predicted molar refractivity (Wildman–Crippen MR) is 195 cm³/mol. The summed E-state index contributed by atoms with van der Waals surface area (Å²) in [6, 6.07) is 0. The fraction of sp³-hybridized carbons (Fsp3) is 0.805. The summed E-state index contributed by atoms with van der Waals surface area (Å²) in [7, 11) is 0. The van der Waals surface area contributed by atoms with Gasteiger partial charge in [0.1, 0.15) is 0 Å². The molecular formula is C41H75NO2. The van der Waals surface area contributed by atoms with Crippen LogP contribution in [0.3, 0.4) is 0 Å². The van der Waals surface area contributed by atoms with Crippen LogP contribution in [0.4, 0.5) is 0 Å². The van der Waals surface area contributed by atoms with Crippen LogP contribution in [-0.2, 0) is 9.47 Å². The monoisotopic (exact) mass is 614 g/mol. The number of hydrogen-bond donors (Lipinski definition) is 1. The van der Waals surface area contributed by atoms with Crippen LogP contribution in [-0.4, -0.2) is 32.1 Å². The molecule has 1 aliphatic rings. The molecule has 0 amide bonds. The summed E-state index contributed by atoms with van der Waals surface area (Å²) in [5.41, 5.74) is 0. The third-order valence-corrected chi connectivity index (χ3v) is 8.79. The molecule has 1 heterocycles. The Labute approximate surface area is 275 Å². The standard InChI is InChI=1S/C41H75NO2/c1-3-5-7-9-11-13-15-17-19-21-23-25-27-29-31-33-39-43-41(35-37-42-38-36-41)44-40-34-32-30-28-26-24-22-20-18-16-14-12-10-8-6-4-2/h11-14,17-20,42H,3-10,15-16,21-40H2,1-2H3/b13-11-,14-12-,19-17-,20-18-. The summed E-state index contributed by atoms with van der Waals surface area (Å²) >= 11 is 0. The van der Waals surface area contributed by atoms with Crippen molar-refractivity contribution >= 4 is 0 Å². The smallest absolute Gasteiger partial charge is 0.170 e. The van der Waals surface area contributed by atoms with Gasteiger partial charge >= 0.3 is 0 Å². The average Bonchev–Trinajstić information content (AvgIpc) is 3.04. The zero-order chi connectivity index (χ0) is 31.5. The van der Waals surface area contributed by atoms with Crippen LogP contribution in [0.5, 0.6) is 0 Å². The molecule has 1 fully saturated rings. The Bertz CT molecular complexity index is 637. The molecule has 44 heavy (non-hydrogen) atoms. The lowest BCUT2D eigenvalue weighted by Crippen LogP contribution is -2.46. The van der Waals surface area contributed by atoms with Crippen molar-refractivity contribution in [3.05, 3.63) is 48.6 Å². The number of allylic oxidation sites excluding steroid dienone is 8. The van der Waals surface area contributed by atoms with E-state index in [4.69, 9.17) is 9.47 Å². The lowest BCUT2D eigenvalue weighted by Gasteiger charge is -2.37. The van der Waals surface area contributed by atoms with E-state index in [2.05, 4.69) is 67.8 Å². The maximum atomic E-state index is 6.43. The van der Waals surface area contributed by atoms with E-state index < -0.39 is 0 Å². The van der Waals surface area contributed by atoms with Gasteiger partial charge in [0, 0.05) is 25.9 Å². The number of unbranched alkanes of at least 4 members (excludes halogenated alkanes) is 18. The molecule has 1 rings (SSSR count). The Morgan fingerprint density at radius 2 is 0.773 bits per heavy atom. The second kappa shape index (κ2) is 33.2. The van der Waals surface area contributed by atoms with Crippen LogP contribution in [0.25, 0.3) is 0 Å². The maximum absolute atomic E-state index is 6.43. The zero-order valence-corrected chi connectivity index (χ0v) is 29.6. The minimum Gasteiger partial charge on any atom is -0.350 e. The summed E-state index contributed by atoms with van der Waals surface area (Å²) in [6.45, 7) is 8.24. The quantitative estimate of drug-likeness (QED) is 0.0465. The van der Waals surface area contributed by atoms with E-state index in [9.17, 15) is 0 Å². The molecule has 0 aliphatic carbocycles. The first kappa shape index (κ1) is 40.9. The van der Waals surface area contributed by atoms with Gasteiger partial charge in [-0.3, -0.25) is 0 Å². The lowest BCUT2D eigenvalue weighted by molar-refractivity contribution is -0.250. The fourth-order valence-corrected chi connectivity index (χ4v) is 5.83. The molecule has 1 saturated heterocycles. The van der Waals surface area contributed by atoms with Gasteiger partial charge in [0.2, 0.25) is 0 Å². The van der Waals surface area contributed by atoms with E-state index in [1.165, 1.54) is 128 Å². The van der Waals surface area contributed by atoms with E-state index in [1.807, 2.05) is 0 Å². The first-order chi connectivity index (χ1) is 21.8. The van der Waals surface area contributed by atoms with Gasteiger partial charge in [0.25, 0.3) is 0 Å². The first-order valence-corrected chi connectivity index (χ1v) is 19.4. The molecule has 3 nitrogen and oxygen atoms in total. The number of piperidine rings is 1. The van der Waals surface area contributed by atoms with Gasteiger partial charge in [-0.25, -0.2) is 0 Å². The third-order valence-electron chi connectivity index (χ3n) is 8.79. The van der Waals surface area contributed by atoms with Crippen molar-refractivity contribution in [3.8, 4) is 0 Å².